The first kappa shape index (κ1) is 23.0. The Balaban J connectivity index is 1.56. The third-order valence-electron chi connectivity index (χ3n) is 5.43. The summed E-state index contributed by atoms with van der Waals surface area (Å²) in [5.41, 5.74) is 6.52. The van der Waals surface area contributed by atoms with Crippen molar-refractivity contribution in [2.24, 2.45) is 0 Å². The lowest BCUT2D eigenvalue weighted by atomic mass is 10.0. The van der Waals surface area contributed by atoms with E-state index in [1.54, 1.807) is 11.3 Å². The van der Waals surface area contributed by atoms with E-state index in [2.05, 4.69) is 53.5 Å². The second-order valence-electron chi connectivity index (χ2n) is 7.79. The van der Waals surface area contributed by atoms with Crippen LogP contribution < -0.4 is 5.32 Å². The van der Waals surface area contributed by atoms with E-state index < -0.39 is 0 Å². The van der Waals surface area contributed by atoms with Gasteiger partial charge in [-0.2, -0.15) is 0 Å². The first-order valence-electron chi connectivity index (χ1n) is 10.7. The molecule has 4 rings (SSSR count). The maximum atomic E-state index is 12.6. The molecule has 0 saturated carbocycles. The van der Waals surface area contributed by atoms with Gasteiger partial charge in [0.1, 0.15) is 0 Å². The quantitative estimate of drug-likeness (QED) is 0.233. The van der Waals surface area contributed by atoms with Crippen molar-refractivity contribution in [2.45, 2.75) is 32.5 Å². The molecule has 0 aliphatic rings. The predicted octanol–water partition coefficient (Wildman–Crippen LogP) is 6.52. The minimum Gasteiger partial charge on any atom is -0.325 e. The van der Waals surface area contributed by atoms with E-state index in [-0.39, 0.29) is 11.7 Å². The van der Waals surface area contributed by atoms with Gasteiger partial charge in [0.2, 0.25) is 5.91 Å². The Bertz CT molecular complexity index is 1290. The van der Waals surface area contributed by atoms with Crippen molar-refractivity contribution in [3.63, 3.8) is 0 Å². The fourth-order valence-electron chi connectivity index (χ4n) is 3.62. The van der Waals surface area contributed by atoms with E-state index >= 15 is 0 Å². The monoisotopic (exact) mass is 474 g/mol. The summed E-state index contributed by atoms with van der Waals surface area (Å²) in [6.45, 7) is 10.7. The Labute approximate surface area is 202 Å². The van der Waals surface area contributed by atoms with Gasteiger partial charge in [-0.05, 0) is 49.6 Å². The molecule has 0 aliphatic heterocycles. The maximum absolute atomic E-state index is 12.6. The van der Waals surface area contributed by atoms with E-state index in [0.29, 0.717) is 11.7 Å². The molecule has 168 valence electrons. The molecule has 33 heavy (non-hydrogen) atoms. The third kappa shape index (κ3) is 5.10. The van der Waals surface area contributed by atoms with Crippen LogP contribution in [-0.2, 0) is 11.3 Å². The molecule has 1 amide bonds. The molecule has 0 unspecified atom stereocenters. The summed E-state index contributed by atoms with van der Waals surface area (Å²) in [4.78, 5) is 13.8. The summed E-state index contributed by atoms with van der Waals surface area (Å²) < 4.78 is 2.02. The van der Waals surface area contributed by atoms with Crippen molar-refractivity contribution in [3.8, 4) is 22.5 Å². The predicted molar refractivity (Wildman–Crippen MR) is 139 cm³/mol. The number of aryl methyl sites for hydroxylation is 3. The van der Waals surface area contributed by atoms with Crippen molar-refractivity contribution < 1.29 is 4.79 Å². The van der Waals surface area contributed by atoms with Gasteiger partial charge in [-0.15, -0.1) is 28.1 Å². The molecule has 0 aliphatic carbocycles. The number of anilines is 1. The second-order valence-corrected chi connectivity index (χ2v) is 9.81. The molecule has 2 aromatic carbocycles. The van der Waals surface area contributed by atoms with Gasteiger partial charge in [-0.3, -0.25) is 9.36 Å². The first-order valence-corrected chi connectivity index (χ1v) is 12.5. The van der Waals surface area contributed by atoms with Crippen LogP contribution >= 0.6 is 23.1 Å². The Kier molecular flexibility index (Phi) is 7.11. The van der Waals surface area contributed by atoms with E-state index in [1.807, 2.05) is 54.0 Å². The molecule has 1 N–H and O–H groups in total. The zero-order chi connectivity index (χ0) is 23.4. The van der Waals surface area contributed by atoms with Crippen molar-refractivity contribution in [3.05, 3.63) is 82.6 Å². The second kappa shape index (κ2) is 10.2. The normalized spacial score (nSPS) is 10.9. The number of thioether (sulfide) groups is 1. The Morgan fingerprint density at radius 1 is 1.12 bits per heavy atom. The highest BCUT2D eigenvalue weighted by molar-refractivity contribution is 7.99. The lowest BCUT2D eigenvalue weighted by Crippen LogP contribution is -2.14. The van der Waals surface area contributed by atoms with Crippen LogP contribution in [0, 0.1) is 20.8 Å². The molecular weight excluding hydrogens is 448 g/mol. The maximum Gasteiger partial charge on any atom is 0.234 e. The van der Waals surface area contributed by atoms with Gasteiger partial charge in [0.15, 0.2) is 11.0 Å². The molecule has 4 aromatic rings. The van der Waals surface area contributed by atoms with Crippen LogP contribution in [0.5, 0.6) is 0 Å². The molecule has 0 spiro atoms. The fourth-order valence-corrected chi connectivity index (χ4v) is 5.23. The number of aromatic nitrogens is 3. The number of hydrogen-bond donors (Lipinski definition) is 1. The Morgan fingerprint density at radius 2 is 1.91 bits per heavy atom. The van der Waals surface area contributed by atoms with Gasteiger partial charge in [0.25, 0.3) is 0 Å². The molecule has 2 aromatic heterocycles. The summed E-state index contributed by atoms with van der Waals surface area (Å²) in [6.07, 6.45) is 1.83. The standard InChI is InChI=1S/C26H26N4OS2/c1-5-13-30-25(22-15-32-19(4)24(22)20-9-7-6-8-10-20)28-29-26(30)33-16-23(31)27-21-12-11-17(2)18(3)14-21/h5-12,14-15H,1,13,16H2,2-4H3,(H,27,31). The highest BCUT2D eigenvalue weighted by Crippen LogP contribution is 2.39. The lowest BCUT2D eigenvalue weighted by Gasteiger charge is -2.10. The van der Waals surface area contributed by atoms with Gasteiger partial charge in [-0.1, -0.05) is 54.2 Å². The van der Waals surface area contributed by atoms with Crippen LogP contribution in [0.2, 0.25) is 0 Å². The zero-order valence-corrected chi connectivity index (χ0v) is 20.6. The largest absolute Gasteiger partial charge is 0.325 e. The van der Waals surface area contributed by atoms with Gasteiger partial charge < -0.3 is 5.32 Å². The van der Waals surface area contributed by atoms with Gasteiger partial charge in [0.05, 0.1) is 5.75 Å². The number of hydrogen-bond acceptors (Lipinski definition) is 5. The lowest BCUT2D eigenvalue weighted by molar-refractivity contribution is -0.113. The summed E-state index contributed by atoms with van der Waals surface area (Å²) >= 11 is 3.08. The van der Waals surface area contributed by atoms with Crippen molar-refractivity contribution in [2.75, 3.05) is 11.1 Å². The smallest absolute Gasteiger partial charge is 0.234 e. The van der Waals surface area contributed by atoms with Gasteiger partial charge >= 0.3 is 0 Å². The van der Waals surface area contributed by atoms with Crippen molar-refractivity contribution in [1.29, 1.82) is 0 Å². The number of rotatable bonds is 8. The fraction of sp³-hybridized carbons (Fsp3) is 0.192. The van der Waals surface area contributed by atoms with Crippen molar-refractivity contribution >= 4 is 34.7 Å². The average Bonchev–Trinajstić information content (AvgIpc) is 3.38. The molecular formula is C26H26N4OS2. The molecule has 2 heterocycles. The van der Waals surface area contributed by atoms with E-state index in [0.717, 1.165) is 28.2 Å². The molecule has 5 nitrogen and oxygen atoms in total. The molecule has 7 heteroatoms. The highest BCUT2D eigenvalue weighted by Gasteiger charge is 2.20. The topological polar surface area (TPSA) is 59.8 Å². The number of carbonyl (C=O) groups is 1. The summed E-state index contributed by atoms with van der Waals surface area (Å²) in [5, 5.41) is 14.7. The van der Waals surface area contributed by atoms with Crippen LogP contribution in [-0.4, -0.2) is 26.4 Å². The molecule has 0 radical (unpaired) electrons. The number of nitrogens with one attached hydrogen (secondary N) is 1. The van der Waals surface area contributed by atoms with Crippen LogP contribution in [0.3, 0.4) is 0 Å². The Morgan fingerprint density at radius 3 is 2.64 bits per heavy atom. The zero-order valence-electron chi connectivity index (χ0n) is 19.0. The average molecular weight is 475 g/mol. The number of thiophene rings is 1. The van der Waals surface area contributed by atoms with Crippen LogP contribution in [0.1, 0.15) is 16.0 Å². The van der Waals surface area contributed by atoms with Crippen LogP contribution in [0.15, 0.2) is 71.7 Å². The SMILES string of the molecule is C=CCn1c(SCC(=O)Nc2ccc(C)c(C)c2)nnc1-c1csc(C)c1-c1ccccc1. The van der Waals surface area contributed by atoms with E-state index in [9.17, 15) is 4.79 Å². The molecule has 0 saturated heterocycles. The summed E-state index contributed by atoms with van der Waals surface area (Å²) in [5.74, 6) is 0.959. The minimum atomic E-state index is -0.0747. The summed E-state index contributed by atoms with van der Waals surface area (Å²) in [6, 6.07) is 16.2. The third-order valence-corrected chi connectivity index (χ3v) is 7.31. The molecule has 0 bridgehead atoms. The number of benzene rings is 2. The van der Waals surface area contributed by atoms with Gasteiger partial charge in [-0.25, -0.2) is 0 Å². The number of carbonyl (C=O) groups excluding carboxylic acids is 1. The number of amides is 1. The van der Waals surface area contributed by atoms with Crippen LogP contribution in [0.25, 0.3) is 22.5 Å². The van der Waals surface area contributed by atoms with Crippen LogP contribution in [0.4, 0.5) is 5.69 Å². The first-order chi connectivity index (χ1) is 16.0. The minimum absolute atomic E-state index is 0.0747. The van der Waals surface area contributed by atoms with Crippen molar-refractivity contribution in [1.82, 2.24) is 14.8 Å². The Hall–Kier alpha value is -3.16. The number of allylic oxidation sites excluding steroid dienone is 1. The van der Waals surface area contributed by atoms with E-state index in [4.69, 9.17) is 0 Å². The van der Waals surface area contributed by atoms with E-state index in [1.165, 1.54) is 27.8 Å². The van der Waals surface area contributed by atoms with Gasteiger partial charge in [0, 0.05) is 33.6 Å². The number of nitrogens with zero attached hydrogens (tertiary/aromatic N) is 3. The molecule has 0 fully saturated rings. The highest BCUT2D eigenvalue weighted by atomic mass is 32.2. The molecule has 0 atom stereocenters. The summed E-state index contributed by atoms with van der Waals surface area (Å²) in [7, 11) is 0.